The number of benzene rings is 1. The lowest BCUT2D eigenvalue weighted by Gasteiger charge is -2.15. The maximum atomic E-state index is 13.0. The van der Waals surface area contributed by atoms with Gasteiger partial charge in [0, 0.05) is 59.3 Å². The first-order chi connectivity index (χ1) is 16.8. The van der Waals surface area contributed by atoms with Crippen LogP contribution in [0, 0.1) is 0 Å². The quantitative estimate of drug-likeness (QED) is 0.461. The molecule has 0 saturated carbocycles. The summed E-state index contributed by atoms with van der Waals surface area (Å²) in [6, 6.07) is 9.04. The Morgan fingerprint density at radius 2 is 1.91 bits per heavy atom. The van der Waals surface area contributed by atoms with E-state index in [0.717, 1.165) is 48.5 Å². The average Bonchev–Trinajstić information content (AvgIpc) is 3.51. The molecule has 0 aliphatic carbocycles. The molecule has 1 amide bonds. The number of amides is 1. The van der Waals surface area contributed by atoms with Crippen molar-refractivity contribution in [2.75, 3.05) is 32.1 Å². The van der Waals surface area contributed by atoms with E-state index in [2.05, 4.69) is 21.8 Å². The lowest BCUT2D eigenvalue weighted by molar-refractivity contribution is -0.121. The van der Waals surface area contributed by atoms with E-state index in [9.17, 15) is 13.2 Å². The van der Waals surface area contributed by atoms with Gasteiger partial charge in [-0.2, -0.15) is 4.31 Å². The molecule has 0 radical (unpaired) electrons. The molecule has 4 rings (SSSR count). The molecule has 1 fully saturated rings. The third kappa shape index (κ3) is 5.65. The van der Waals surface area contributed by atoms with Crippen LogP contribution in [-0.2, 0) is 34.3 Å². The Bertz CT molecular complexity index is 1300. The van der Waals surface area contributed by atoms with E-state index in [4.69, 9.17) is 4.98 Å². The SMILES string of the molecule is CCCn1c(CCC(=O)NCc2ccnc(N(C)C)c2)nc2cc(S(=O)(=O)N3CCCC3)ccc21. The van der Waals surface area contributed by atoms with Gasteiger partial charge in [0.2, 0.25) is 15.9 Å². The van der Waals surface area contributed by atoms with Gasteiger partial charge in [-0.3, -0.25) is 4.79 Å². The molecule has 3 aromatic rings. The minimum Gasteiger partial charge on any atom is -0.363 e. The fourth-order valence-electron chi connectivity index (χ4n) is 4.39. The number of rotatable bonds is 10. The molecule has 1 aliphatic heterocycles. The van der Waals surface area contributed by atoms with Crippen molar-refractivity contribution in [1.29, 1.82) is 0 Å². The van der Waals surface area contributed by atoms with Crippen LogP contribution in [0.5, 0.6) is 0 Å². The first-order valence-electron chi connectivity index (χ1n) is 12.2. The van der Waals surface area contributed by atoms with Crippen molar-refractivity contribution >= 4 is 32.8 Å². The van der Waals surface area contributed by atoms with Crippen LogP contribution in [0.3, 0.4) is 0 Å². The number of aryl methyl sites for hydroxylation is 2. The van der Waals surface area contributed by atoms with E-state index in [1.165, 1.54) is 0 Å². The summed E-state index contributed by atoms with van der Waals surface area (Å²) < 4.78 is 29.6. The number of nitrogens with one attached hydrogen (secondary N) is 1. The molecule has 9 nitrogen and oxygen atoms in total. The highest BCUT2D eigenvalue weighted by molar-refractivity contribution is 7.89. The normalized spacial score (nSPS) is 14.5. The van der Waals surface area contributed by atoms with Gasteiger partial charge in [0.05, 0.1) is 15.9 Å². The molecule has 1 saturated heterocycles. The summed E-state index contributed by atoms with van der Waals surface area (Å²) in [5.41, 5.74) is 2.54. The van der Waals surface area contributed by atoms with Gasteiger partial charge in [0.25, 0.3) is 0 Å². The molecule has 10 heteroatoms. The second-order valence-electron chi connectivity index (χ2n) is 9.13. The predicted octanol–water partition coefficient (Wildman–Crippen LogP) is 2.94. The number of hydrogen-bond donors (Lipinski definition) is 1. The van der Waals surface area contributed by atoms with Crippen molar-refractivity contribution in [2.24, 2.45) is 0 Å². The number of sulfonamides is 1. The van der Waals surface area contributed by atoms with Gasteiger partial charge in [-0.05, 0) is 55.2 Å². The third-order valence-corrected chi connectivity index (χ3v) is 8.18. The van der Waals surface area contributed by atoms with Gasteiger partial charge in [-0.1, -0.05) is 6.92 Å². The van der Waals surface area contributed by atoms with Crippen LogP contribution in [0.1, 0.15) is 44.0 Å². The number of carbonyl (C=O) groups excluding carboxylic acids is 1. The molecule has 3 heterocycles. The largest absolute Gasteiger partial charge is 0.363 e. The van der Waals surface area contributed by atoms with Crippen LogP contribution < -0.4 is 10.2 Å². The zero-order valence-electron chi connectivity index (χ0n) is 20.7. The number of imidazole rings is 1. The highest BCUT2D eigenvalue weighted by Crippen LogP contribution is 2.26. The third-order valence-electron chi connectivity index (χ3n) is 6.28. The molecule has 0 spiro atoms. The number of pyridine rings is 1. The van der Waals surface area contributed by atoms with Crippen molar-refractivity contribution < 1.29 is 13.2 Å². The Hall–Kier alpha value is -2.98. The van der Waals surface area contributed by atoms with Crippen molar-refractivity contribution in [2.45, 2.75) is 57.0 Å². The maximum absolute atomic E-state index is 13.0. The summed E-state index contributed by atoms with van der Waals surface area (Å²) in [5.74, 6) is 1.59. The van der Waals surface area contributed by atoms with Gasteiger partial charge >= 0.3 is 0 Å². The molecule has 2 aromatic heterocycles. The number of anilines is 1. The fourth-order valence-corrected chi connectivity index (χ4v) is 5.93. The van der Waals surface area contributed by atoms with Gasteiger partial charge in [-0.15, -0.1) is 0 Å². The molecule has 1 N–H and O–H groups in total. The fraction of sp³-hybridized carbons (Fsp3) is 0.480. The van der Waals surface area contributed by atoms with E-state index >= 15 is 0 Å². The summed E-state index contributed by atoms with van der Waals surface area (Å²) in [7, 11) is 0.355. The zero-order chi connectivity index (χ0) is 25.0. The molecule has 0 atom stereocenters. The summed E-state index contributed by atoms with van der Waals surface area (Å²) in [6.45, 7) is 4.43. The number of aromatic nitrogens is 3. The van der Waals surface area contributed by atoms with Crippen LogP contribution in [0.25, 0.3) is 11.0 Å². The first-order valence-corrected chi connectivity index (χ1v) is 13.6. The second-order valence-corrected chi connectivity index (χ2v) is 11.1. The van der Waals surface area contributed by atoms with E-state index < -0.39 is 10.0 Å². The smallest absolute Gasteiger partial charge is 0.243 e. The Kier molecular flexibility index (Phi) is 7.71. The first kappa shape index (κ1) is 25.1. The van der Waals surface area contributed by atoms with E-state index in [0.29, 0.717) is 38.0 Å². The predicted molar refractivity (Wildman–Crippen MR) is 137 cm³/mol. The molecule has 0 bridgehead atoms. The van der Waals surface area contributed by atoms with Gasteiger partial charge in [-0.25, -0.2) is 18.4 Å². The van der Waals surface area contributed by atoms with Crippen LogP contribution in [0.15, 0.2) is 41.4 Å². The van der Waals surface area contributed by atoms with Crippen molar-refractivity contribution in [3.05, 3.63) is 47.9 Å². The Balaban J connectivity index is 1.46. The summed E-state index contributed by atoms with van der Waals surface area (Å²) in [6.07, 6.45) is 5.23. The van der Waals surface area contributed by atoms with E-state index in [-0.39, 0.29) is 10.8 Å². The molecule has 1 aromatic carbocycles. The van der Waals surface area contributed by atoms with E-state index in [1.54, 1.807) is 22.6 Å². The highest BCUT2D eigenvalue weighted by atomic mass is 32.2. The summed E-state index contributed by atoms with van der Waals surface area (Å²) >= 11 is 0. The van der Waals surface area contributed by atoms with Crippen molar-refractivity contribution in [3.63, 3.8) is 0 Å². The van der Waals surface area contributed by atoms with Crippen molar-refractivity contribution in [3.8, 4) is 0 Å². The lowest BCUT2D eigenvalue weighted by atomic mass is 10.2. The van der Waals surface area contributed by atoms with Gasteiger partial charge in [0.1, 0.15) is 11.6 Å². The monoisotopic (exact) mass is 498 g/mol. The van der Waals surface area contributed by atoms with Crippen molar-refractivity contribution in [1.82, 2.24) is 24.2 Å². The molecule has 0 unspecified atom stereocenters. The van der Waals surface area contributed by atoms with Gasteiger partial charge < -0.3 is 14.8 Å². The number of carbonyl (C=O) groups is 1. The van der Waals surface area contributed by atoms with Gasteiger partial charge in [0.15, 0.2) is 0 Å². The maximum Gasteiger partial charge on any atom is 0.243 e. The standard InChI is InChI=1S/C25H34N6O3S/c1-4-13-31-22-8-7-20(35(33,34)30-14-5-6-15-30)17-21(22)28-23(31)9-10-25(32)27-18-19-11-12-26-24(16-19)29(2)3/h7-8,11-12,16-17H,4-6,9-10,13-15,18H2,1-3H3,(H,27,32). The van der Waals surface area contributed by atoms with Crippen LogP contribution in [0.4, 0.5) is 5.82 Å². The van der Waals surface area contributed by atoms with Crippen LogP contribution in [-0.4, -0.2) is 60.4 Å². The number of hydrogen-bond acceptors (Lipinski definition) is 6. The molecule has 188 valence electrons. The zero-order valence-corrected chi connectivity index (χ0v) is 21.5. The summed E-state index contributed by atoms with van der Waals surface area (Å²) in [4.78, 5) is 23.8. The highest BCUT2D eigenvalue weighted by Gasteiger charge is 2.27. The molecule has 35 heavy (non-hydrogen) atoms. The Morgan fingerprint density at radius 3 is 2.63 bits per heavy atom. The minimum absolute atomic E-state index is 0.0550. The van der Waals surface area contributed by atoms with Crippen LogP contribution in [0.2, 0.25) is 0 Å². The Morgan fingerprint density at radius 1 is 1.14 bits per heavy atom. The topological polar surface area (TPSA) is 100 Å². The summed E-state index contributed by atoms with van der Waals surface area (Å²) in [5, 5.41) is 2.97. The number of nitrogens with zero attached hydrogens (tertiary/aromatic N) is 5. The molecule has 1 aliphatic rings. The average molecular weight is 499 g/mol. The minimum atomic E-state index is -3.50. The van der Waals surface area contributed by atoms with E-state index in [1.807, 2.05) is 37.2 Å². The number of fused-ring (bicyclic) bond motifs is 1. The molecular weight excluding hydrogens is 464 g/mol. The Labute approximate surface area is 207 Å². The van der Waals surface area contributed by atoms with Crippen LogP contribution >= 0.6 is 0 Å². The second kappa shape index (κ2) is 10.7. The molecular formula is C25H34N6O3S. The lowest BCUT2D eigenvalue weighted by Crippen LogP contribution is -2.27.